The maximum atomic E-state index is 13.1. The minimum atomic E-state index is -4.48. The number of rotatable bonds is 5. The van der Waals surface area contributed by atoms with Crippen molar-refractivity contribution in [2.75, 3.05) is 23.7 Å². The Labute approximate surface area is 179 Å². The van der Waals surface area contributed by atoms with E-state index in [1.165, 1.54) is 31.7 Å². The van der Waals surface area contributed by atoms with Gasteiger partial charge in [-0.15, -0.1) is 0 Å². The van der Waals surface area contributed by atoms with Gasteiger partial charge in [-0.2, -0.15) is 13.2 Å². The lowest BCUT2D eigenvalue weighted by molar-refractivity contribution is -0.138. The normalized spacial score (nSPS) is 15.5. The van der Waals surface area contributed by atoms with E-state index in [2.05, 4.69) is 9.89 Å². The molecule has 0 radical (unpaired) electrons. The molecular formula is C23H25F3N4O. The van der Waals surface area contributed by atoms with Crippen molar-refractivity contribution in [3.05, 3.63) is 64.9 Å². The van der Waals surface area contributed by atoms with Crippen LogP contribution in [0.3, 0.4) is 0 Å². The summed E-state index contributed by atoms with van der Waals surface area (Å²) in [5, 5.41) is 0. The van der Waals surface area contributed by atoms with Crippen LogP contribution < -0.4 is 16.4 Å². The highest BCUT2D eigenvalue weighted by Gasteiger charge is 2.32. The van der Waals surface area contributed by atoms with Gasteiger partial charge >= 0.3 is 6.18 Å². The highest BCUT2D eigenvalue weighted by molar-refractivity contribution is 6.23. The van der Waals surface area contributed by atoms with Crippen molar-refractivity contribution >= 4 is 29.1 Å². The van der Waals surface area contributed by atoms with Crippen LogP contribution in [-0.2, 0) is 6.18 Å². The summed E-state index contributed by atoms with van der Waals surface area (Å²) >= 11 is 0. The van der Waals surface area contributed by atoms with Crippen molar-refractivity contribution in [3.8, 4) is 0 Å². The summed E-state index contributed by atoms with van der Waals surface area (Å²) < 4.78 is 39.4. The Morgan fingerprint density at radius 2 is 1.81 bits per heavy atom. The van der Waals surface area contributed by atoms with Crippen LogP contribution in [0.5, 0.6) is 0 Å². The molecule has 0 spiro atoms. The first-order valence-corrected chi connectivity index (χ1v) is 10.0. The van der Waals surface area contributed by atoms with E-state index in [0.717, 1.165) is 43.9 Å². The SMILES string of the molecule is Cc1ccc(N=C/C(=C\N)C(=O)c2cc(N3CCCCC3)ccc2N)cc1C(F)(F)F. The summed E-state index contributed by atoms with van der Waals surface area (Å²) in [6.45, 7) is 3.20. The lowest BCUT2D eigenvalue weighted by Crippen LogP contribution is -2.29. The second-order valence-electron chi connectivity index (χ2n) is 7.53. The molecule has 31 heavy (non-hydrogen) atoms. The number of piperidine rings is 1. The molecule has 4 N–H and O–H groups in total. The molecule has 1 aliphatic rings. The number of Topliss-reactive ketones (excluding diaryl/α,β-unsaturated/α-hetero) is 1. The number of hydrogen-bond acceptors (Lipinski definition) is 5. The number of nitrogens with two attached hydrogens (primary N) is 2. The smallest absolute Gasteiger partial charge is 0.404 e. The Kier molecular flexibility index (Phi) is 6.68. The first-order valence-electron chi connectivity index (χ1n) is 10.0. The second kappa shape index (κ2) is 9.24. The molecule has 3 rings (SSSR count). The van der Waals surface area contributed by atoms with E-state index < -0.39 is 17.5 Å². The number of anilines is 2. The number of nitrogen functional groups attached to an aromatic ring is 1. The summed E-state index contributed by atoms with van der Waals surface area (Å²) in [7, 11) is 0. The molecule has 0 aliphatic carbocycles. The van der Waals surface area contributed by atoms with Gasteiger partial charge in [0.25, 0.3) is 0 Å². The summed E-state index contributed by atoms with van der Waals surface area (Å²) in [5.74, 6) is -0.439. The lowest BCUT2D eigenvalue weighted by atomic mass is 10.0. The van der Waals surface area contributed by atoms with Gasteiger partial charge in [-0.1, -0.05) is 6.07 Å². The standard InChI is InChI=1S/C23H25F3N4O/c1-15-5-6-17(11-20(15)23(24,25)26)29-14-16(13-27)22(31)19-12-18(7-8-21(19)28)30-9-3-2-4-10-30/h5-8,11-14H,2-4,9-10,27-28H2,1H3/b16-13+,29-14?. The predicted molar refractivity (Wildman–Crippen MR) is 118 cm³/mol. The van der Waals surface area contributed by atoms with Gasteiger partial charge in [0, 0.05) is 42.4 Å². The average molecular weight is 430 g/mol. The minimum absolute atomic E-state index is 0.0385. The van der Waals surface area contributed by atoms with Crippen LogP contribution in [0.15, 0.2) is 53.2 Å². The number of aliphatic imine (C=N–C) groups is 1. The minimum Gasteiger partial charge on any atom is -0.404 e. The van der Waals surface area contributed by atoms with Crippen LogP contribution in [0.2, 0.25) is 0 Å². The van der Waals surface area contributed by atoms with Crippen LogP contribution in [0, 0.1) is 6.92 Å². The maximum absolute atomic E-state index is 13.1. The molecule has 0 amide bonds. The number of aryl methyl sites for hydroxylation is 1. The highest BCUT2D eigenvalue weighted by atomic mass is 19.4. The molecule has 2 aromatic carbocycles. The Morgan fingerprint density at radius 1 is 1.10 bits per heavy atom. The Hall–Kier alpha value is -3.29. The van der Waals surface area contributed by atoms with E-state index in [9.17, 15) is 18.0 Å². The van der Waals surface area contributed by atoms with Crippen LogP contribution in [0.1, 0.15) is 40.7 Å². The summed E-state index contributed by atoms with van der Waals surface area (Å²) in [6.07, 6.45) is 1.12. The van der Waals surface area contributed by atoms with Gasteiger partial charge in [0.15, 0.2) is 5.78 Å². The molecule has 164 valence electrons. The molecular weight excluding hydrogens is 405 g/mol. The lowest BCUT2D eigenvalue weighted by Gasteiger charge is -2.29. The molecule has 0 bridgehead atoms. The highest BCUT2D eigenvalue weighted by Crippen LogP contribution is 2.34. The number of hydrogen-bond donors (Lipinski definition) is 2. The largest absolute Gasteiger partial charge is 0.416 e. The summed E-state index contributed by atoms with van der Waals surface area (Å²) in [5.41, 5.74) is 12.6. The van der Waals surface area contributed by atoms with E-state index in [1.807, 2.05) is 6.07 Å². The second-order valence-corrected chi connectivity index (χ2v) is 7.53. The van der Waals surface area contributed by atoms with Crippen molar-refractivity contribution < 1.29 is 18.0 Å². The molecule has 0 atom stereocenters. The fraction of sp³-hybridized carbons (Fsp3) is 0.304. The molecule has 5 nitrogen and oxygen atoms in total. The van der Waals surface area contributed by atoms with E-state index >= 15 is 0 Å². The number of allylic oxidation sites excluding steroid dienone is 1. The number of halogens is 3. The molecule has 0 aromatic heterocycles. The number of carbonyl (C=O) groups is 1. The third kappa shape index (κ3) is 5.25. The van der Waals surface area contributed by atoms with Crippen molar-refractivity contribution in [3.63, 3.8) is 0 Å². The summed E-state index contributed by atoms with van der Waals surface area (Å²) in [4.78, 5) is 19.3. The van der Waals surface area contributed by atoms with Gasteiger partial charge < -0.3 is 16.4 Å². The van der Waals surface area contributed by atoms with E-state index in [0.29, 0.717) is 5.69 Å². The monoisotopic (exact) mass is 430 g/mol. The first kappa shape index (κ1) is 22.4. The topological polar surface area (TPSA) is 84.7 Å². The third-order valence-electron chi connectivity index (χ3n) is 5.32. The molecule has 0 unspecified atom stereocenters. The quantitative estimate of drug-likeness (QED) is 0.302. The van der Waals surface area contributed by atoms with Crippen LogP contribution in [0.25, 0.3) is 0 Å². The van der Waals surface area contributed by atoms with Gasteiger partial charge in [-0.25, -0.2) is 0 Å². The molecule has 0 saturated carbocycles. The fourth-order valence-corrected chi connectivity index (χ4v) is 3.56. The van der Waals surface area contributed by atoms with Crippen LogP contribution in [0.4, 0.5) is 30.2 Å². The van der Waals surface area contributed by atoms with E-state index in [1.54, 1.807) is 12.1 Å². The zero-order chi connectivity index (χ0) is 22.6. The number of ketones is 1. The van der Waals surface area contributed by atoms with Crippen molar-refractivity contribution in [2.24, 2.45) is 10.7 Å². The summed E-state index contributed by atoms with van der Waals surface area (Å²) in [6, 6.07) is 9.01. The van der Waals surface area contributed by atoms with Crippen LogP contribution in [-0.4, -0.2) is 25.1 Å². The Balaban J connectivity index is 1.86. The maximum Gasteiger partial charge on any atom is 0.416 e. The van der Waals surface area contributed by atoms with Crippen molar-refractivity contribution in [1.82, 2.24) is 0 Å². The Morgan fingerprint density at radius 3 is 2.45 bits per heavy atom. The van der Waals surface area contributed by atoms with Gasteiger partial charge in [-0.3, -0.25) is 9.79 Å². The van der Waals surface area contributed by atoms with Crippen molar-refractivity contribution in [2.45, 2.75) is 32.4 Å². The zero-order valence-corrected chi connectivity index (χ0v) is 17.2. The Bertz CT molecular complexity index is 1020. The first-order chi connectivity index (χ1) is 14.7. The number of benzene rings is 2. The van der Waals surface area contributed by atoms with Crippen LogP contribution >= 0.6 is 0 Å². The predicted octanol–water partition coefficient (Wildman–Crippen LogP) is 5.01. The molecule has 1 fully saturated rings. The fourth-order valence-electron chi connectivity index (χ4n) is 3.56. The number of carbonyl (C=O) groups excluding carboxylic acids is 1. The third-order valence-corrected chi connectivity index (χ3v) is 5.32. The van der Waals surface area contributed by atoms with Crippen molar-refractivity contribution in [1.29, 1.82) is 0 Å². The van der Waals surface area contributed by atoms with Gasteiger partial charge in [-0.05, 0) is 62.1 Å². The number of alkyl halides is 3. The van der Waals surface area contributed by atoms with E-state index in [4.69, 9.17) is 11.5 Å². The molecule has 1 aliphatic heterocycles. The van der Waals surface area contributed by atoms with E-state index in [-0.39, 0.29) is 22.4 Å². The average Bonchev–Trinajstić information content (AvgIpc) is 2.75. The number of nitrogens with zero attached hydrogens (tertiary/aromatic N) is 2. The molecule has 1 saturated heterocycles. The zero-order valence-electron chi connectivity index (χ0n) is 17.2. The molecule has 8 heteroatoms. The molecule has 1 heterocycles. The van der Waals surface area contributed by atoms with Gasteiger partial charge in [0.1, 0.15) is 0 Å². The van der Waals surface area contributed by atoms with Gasteiger partial charge in [0.05, 0.1) is 16.8 Å². The van der Waals surface area contributed by atoms with Gasteiger partial charge in [0.2, 0.25) is 0 Å². The molecule has 2 aromatic rings.